The number of aromatic amines is 1. The number of rotatable bonds is 2. The molecule has 0 radical (unpaired) electrons. The lowest BCUT2D eigenvalue weighted by atomic mass is 10.2. The van der Waals surface area contributed by atoms with Crippen LogP contribution in [0.15, 0.2) is 36.6 Å². The van der Waals surface area contributed by atoms with Gasteiger partial charge in [-0.05, 0) is 12.1 Å². The molecule has 1 aromatic carbocycles. The van der Waals surface area contributed by atoms with Gasteiger partial charge in [-0.1, -0.05) is 18.2 Å². The zero-order valence-corrected chi connectivity index (χ0v) is 7.07. The monoisotopic (exact) mass is 174 g/mol. The quantitative estimate of drug-likeness (QED) is 0.685. The van der Waals surface area contributed by atoms with Gasteiger partial charge in [-0.3, -0.25) is 5.10 Å². The number of fused-ring (bicyclic) bond motifs is 1. The molecule has 1 aromatic heterocycles. The van der Waals surface area contributed by atoms with Crippen molar-refractivity contribution in [2.24, 2.45) is 0 Å². The molecule has 1 heterocycles. The van der Waals surface area contributed by atoms with Crippen molar-refractivity contribution < 1.29 is 5.11 Å². The van der Waals surface area contributed by atoms with Gasteiger partial charge in [-0.2, -0.15) is 5.10 Å². The predicted octanol–water partition coefficient (Wildman–Crippen LogP) is 2.18. The van der Waals surface area contributed by atoms with E-state index in [0.717, 1.165) is 22.9 Å². The lowest BCUT2D eigenvalue weighted by Gasteiger charge is -1.90. The Labute approximate surface area is 75.7 Å². The third-order valence-corrected chi connectivity index (χ3v) is 1.97. The van der Waals surface area contributed by atoms with Gasteiger partial charge in [0.25, 0.3) is 0 Å². The summed E-state index contributed by atoms with van der Waals surface area (Å²) in [5, 5.41) is 16.7. The number of para-hydroxylation sites is 1. The van der Waals surface area contributed by atoms with Crippen LogP contribution in [0.1, 0.15) is 5.69 Å². The molecule has 3 heteroatoms. The first-order valence-electron chi connectivity index (χ1n) is 4.13. The Morgan fingerprint density at radius 3 is 3.08 bits per heavy atom. The molecule has 0 spiro atoms. The normalized spacial score (nSPS) is 11.4. The summed E-state index contributed by atoms with van der Waals surface area (Å²) in [6.45, 7) is 0. The summed E-state index contributed by atoms with van der Waals surface area (Å²) in [4.78, 5) is 0. The van der Waals surface area contributed by atoms with E-state index in [-0.39, 0.29) is 0 Å². The molecule has 0 bridgehead atoms. The number of allylic oxidation sites excluding steroid dienone is 1. The van der Waals surface area contributed by atoms with Crippen LogP contribution in [0.25, 0.3) is 10.9 Å². The Hall–Kier alpha value is -1.77. The van der Waals surface area contributed by atoms with Crippen LogP contribution in [0.3, 0.4) is 0 Å². The van der Waals surface area contributed by atoms with E-state index in [1.54, 1.807) is 6.08 Å². The molecule has 0 saturated carbocycles. The van der Waals surface area contributed by atoms with Gasteiger partial charge in [-0.25, -0.2) is 0 Å². The van der Waals surface area contributed by atoms with Gasteiger partial charge in [0.1, 0.15) is 0 Å². The number of benzene rings is 1. The first kappa shape index (κ1) is 7.86. The topological polar surface area (TPSA) is 48.9 Å². The molecule has 0 aliphatic heterocycles. The molecule has 3 nitrogen and oxygen atoms in total. The fraction of sp³-hybridized carbons (Fsp3) is 0.100. The number of nitrogens with zero attached hydrogens (tertiary/aromatic N) is 1. The molecule has 0 aliphatic rings. The van der Waals surface area contributed by atoms with Crippen molar-refractivity contribution in [3.8, 4) is 0 Å². The number of aliphatic hydroxyl groups excluding tert-OH is 1. The average Bonchev–Trinajstić information content (AvgIpc) is 2.58. The molecule has 13 heavy (non-hydrogen) atoms. The average molecular weight is 174 g/mol. The Bertz CT molecular complexity index is 431. The zero-order valence-electron chi connectivity index (χ0n) is 7.07. The van der Waals surface area contributed by atoms with E-state index in [1.165, 1.54) is 0 Å². The SMILES string of the molecule is OC=CCc1[nH]nc2ccccc12. The minimum absolute atomic E-state index is 0.678. The second kappa shape index (κ2) is 3.31. The van der Waals surface area contributed by atoms with E-state index in [1.807, 2.05) is 24.3 Å². The number of hydrogen-bond acceptors (Lipinski definition) is 2. The van der Waals surface area contributed by atoms with Gasteiger partial charge >= 0.3 is 0 Å². The summed E-state index contributed by atoms with van der Waals surface area (Å²) in [6, 6.07) is 7.90. The van der Waals surface area contributed by atoms with Gasteiger partial charge in [0.2, 0.25) is 0 Å². The molecule has 0 fully saturated rings. The summed E-state index contributed by atoms with van der Waals surface area (Å²) in [7, 11) is 0. The molecule has 2 rings (SSSR count). The van der Waals surface area contributed by atoms with Gasteiger partial charge < -0.3 is 5.11 Å². The number of hydrogen-bond donors (Lipinski definition) is 2. The predicted molar refractivity (Wildman–Crippen MR) is 51.6 cm³/mol. The summed E-state index contributed by atoms with van der Waals surface area (Å²) >= 11 is 0. The van der Waals surface area contributed by atoms with Gasteiger partial charge in [0.15, 0.2) is 0 Å². The van der Waals surface area contributed by atoms with Gasteiger partial charge in [0.05, 0.1) is 11.8 Å². The Morgan fingerprint density at radius 1 is 1.38 bits per heavy atom. The Balaban J connectivity index is 2.45. The lowest BCUT2D eigenvalue weighted by molar-refractivity contribution is 0.471. The maximum absolute atomic E-state index is 8.52. The molecule has 0 atom stereocenters. The van der Waals surface area contributed by atoms with Crippen molar-refractivity contribution in [1.82, 2.24) is 10.2 Å². The second-order valence-electron chi connectivity index (χ2n) is 2.81. The molecule has 0 unspecified atom stereocenters. The molecule has 0 aliphatic carbocycles. The lowest BCUT2D eigenvalue weighted by Crippen LogP contribution is -1.81. The Morgan fingerprint density at radius 2 is 2.23 bits per heavy atom. The van der Waals surface area contributed by atoms with Crippen molar-refractivity contribution in [3.05, 3.63) is 42.3 Å². The van der Waals surface area contributed by atoms with Crippen molar-refractivity contribution in [1.29, 1.82) is 0 Å². The van der Waals surface area contributed by atoms with E-state index in [9.17, 15) is 0 Å². The maximum Gasteiger partial charge on any atom is 0.0923 e. The molecule has 0 saturated heterocycles. The van der Waals surface area contributed by atoms with Crippen LogP contribution in [0.2, 0.25) is 0 Å². The van der Waals surface area contributed by atoms with Crippen molar-refractivity contribution in [2.75, 3.05) is 0 Å². The third-order valence-electron chi connectivity index (χ3n) is 1.97. The van der Waals surface area contributed by atoms with Gasteiger partial charge in [-0.15, -0.1) is 0 Å². The van der Waals surface area contributed by atoms with E-state index in [4.69, 9.17) is 5.11 Å². The molecule has 66 valence electrons. The maximum atomic E-state index is 8.52. The highest BCUT2D eigenvalue weighted by molar-refractivity contribution is 5.81. The fourth-order valence-corrected chi connectivity index (χ4v) is 1.34. The molecule has 2 N–H and O–H groups in total. The standard InChI is InChI=1S/C10H10N2O/c13-7-3-6-10-8-4-1-2-5-9(8)11-12-10/h1-5,7,13H,6H2,(H,11,12). The molecule has 2 aromatic rings. The number of aliphatic hydroxyl groups is 1. The van der Waals surface area contributed by atoms with Crippen LogP contribution in [0.5, 0.6) is 0 Å². The fourth-order valence-electron chi connectivity index (χ4n) is 1.34. The van der Waals surface area contributed by atoms with Crippen molar-refractivity contribution in [3.63, 3.8) is 0 Å². The van der Waals surface area contributed by atoms with Crippen LogP contribution in [-0.2, 0) is 6.42 Å². The van der Waals surface area contributed by atoms with Crippen LogP contribution in [-0.4, -0.2) is 15.3 Å². The van der Waals surface area contributed by atoms with E-state index >= 15 is 0 Å². The van der Waals surface area contributed by atoms with Crippen LogP contribution < -0.4 is 0 Å². The number of nitrogens with one attached hydrogen (secondary N) is 1. The van der Waals surface area contributed by atoms with Crippen LogP contribution in [0.4, 0.5) is 0 Å². The smallest absolute Gasteiger partial charge is 0.0923 e. The highest BCUT2D eigenvalue weighted by atomic mass is 16.2. The first-order chi connectivity index (χ1) is 6.42. The highest BCUT2D eigenvalue weighted by Crippen LogP contribution is 2.15. The van der Waals surface area contributed by atoms with E-state index in [2.05, 4.69) is 10.2 Å². The molecule has 0 amide bonds. The zero-order chi connectivity index (χ0) is 9.10. The summed E-state index contributed by atoms with van der Waals surface area (Å²) in [5.74, 6) is 0. The summed E-state index contributed by atoms with van der Waals surface area (Å²) in [6.07, 6.45) is 3.41. The Kier molecular flexibility index (Phi) is 2.00. The van der Waals surface area contributed by atoms with Crippen molar-refractivity contribution >= 4 is 10.9 Å². The van der Waals surface area contributed by atoms with Crippen molar-refractivity contribution in [2.45, 2.75) is 6.42 Å². The third kappa shape index (κ3) is 1.40. The van der Waals surface area contributed by atoms with Crippen LogP contribution in [0, 0.1) is 0 Å². The summed E-state index contributed by atoms with van der Waals surface area (Å²) < 4.78 is 0. The highest BCUT2D eigenvalue weighted by Gasteiger charge is 2.01. The van der Waals surface area contributed by atoms with E-state index < -0.39 is 0 Å². The molecular weight excluding hydrogens is 164 g/mol. The van der Waals surface area contributed by atoms with Crippen LogP contribution >= 0.6 is 0 Å². The minimum atomic E-state index is 0.678. The summed E-state index contributed by atoms with van der Waals surface area (Å²) in [5.41, 5.74) is 1.99. The number of H-pyrrole nitrogens is 1. The largest absolute Gasteiger partial charge is 0.516 e. The molecular formula is C10H10N2O. The minimum Gasteiger partial charge on any atom is -0.516 e. The van der Waals surface area contributed by atoms with Gasteiger partial charge in [0, 0.05) is 17.5 Å². The van der Waals surface area contributed by atoms with E-state index in [0.29, 0.717) is 6.42 Å². The first-order valence-corrected chi connectivity index (χ1v) is 4.13. The number of aromatic nitrogens is 2. The second-order valence-corrected chi connectivity index (χ2v) is 2.81.